The molecule has 1 aromatic carbocycles. The fraction of sp³-hybridized carbons (Fsp3) is 0.250. The summed E-state index contributed by atoms with van der Waals surface area (Å²) in [5.74, 6) is 0. The van der Waals surface area contributed by atoms with Crippen LogP contribution in [0.25, 0.3) is 5.69 Å². The van der Waals surface area contributed by atoms with Crippen LogP contribution in [-0.2, 0) is 9.47 Å². The number of para-hydroxylation sites is 1. The van der Waals surface area contributed by atoms with Crippen LogP contribution < -0.4 is 0 Å². The molecule has 0 bridgehead atoms. The highest BCUT2D eigenvalue weighted by Crippen LogP contribution is 2.31. The summed E-state index contributed by atoms with van der Waals surface area (Å²) in [6.07, 6.45) is 1.19. The Morgan fingerprint density at radius 2 is 2.00 bits per heavy atom. The predicted octanol–water partition coefficient (Wildman–Crippen LogP) is 3.58. The summed E-state index contributed by atoms with van der Waals surface area (Å²) < 4.78 is 13.0. The summed E-state index contributed by atoms with van der Waals surface area (Å²) >= 11 is 9.68. The van der Waals surface area contributed by atoms with E-state index in [2.05, 4.69) is 21.0 Å². The molecular weight excluding hydrogens is 320 g/mol. The lowest BCUT2D eigenvalue weighted by Crippen LogP contribution is -2.11. The molecule has 0 amide bonds. The van der Waals surface area contributed by atoms with E-state index in [1.807, 2.05) is 24.3 Å². The highest BCUT2D eigenvalue weighted by Gasteiger charge is 2.18. The lowest BCUT2D eigenvalue weighted by atomic mass is 10.3. The summed E-state index contributed by atoms with van der Waals surface area (Å²) in [6.45, 7) is 0. The normalized spacial score (nSPS) is 11.2. The van der Waals surface area contributed by atoms with E-state index < -0.39 is 6.29 Å². The molecule has 0 N–H and O–H groups in total. The number of rotatable bonds is 4. The number of nitrogens with zero attached hydrogens (tertiary/aromatic N) is 2. The lowest BCUT2D eigenvalue weighted by molar-refractivity contribution is -0.109. The molecule has 0 saturated carbocycles. The van der Waals surface area contributed by atoms with Crippen LogP contribution in [0.15, 0.2) is 34.9 Å². The SMILES string of the molecule is COC(OC)c1ccnn1-c1c(Cl)cccc1Br. The largest absolute Gasteiger partial charge is 0.350 e. The minimum Gasteiger partial charge on any atom is -0.350 e. The Morgan fingerprint density at radius 3 is 2.61 bits per heavy atom. The minimum absolute atomic E-state index is 0.490. The molecule has 2 rings (SSSR count). The Bertz CT molecular complexity index is 520. The summed E-state index contributed by atoms with van der Waals surface area (Å²) in [7, 11) is 3.15. The van der Waals surface area contributed by atoms with Crippen molar-refractivity contribution in [2.45, 2.75) is 6.29 Å². The van der Waals surface area contributed by atoms with Crippen LogP contribution in [0.2, 0.25) is 5.02 Å². The zero-order chi connectivity index (χ0) is 13.1. The number of methoxy groups -OCH3 is 2. The summed E-state index contributed by atoms with van der Waals surface area (Å²) in [6, 6.07) is 7.40. The number of halogens is 2. The first-order chi connectivity index (χ1) is 8.69. The topological polar surface area (TPSA) is 36.3 Å². The molecule has 0 aliphatic heterocycles. The summed E-state index contributed by atoms with van der Waals surface area (Å²) in [4.78, 5) is 0. The van der Waals surface area contributed by atoms with E-state index in [0.717, 1.165) is 15.9 Å². The molecule has 96 valence electrons. The minimum atomic E-state index is -0.490. The average Bonchev–Trinajstić information content (AvgIpc) is 2.80. The smallest absolute Gasteiger partial charge is 0.200 e. The highest BCUT2D eigenvalue weighted by atomic mass is 79.9. The van der Waals surface area contributed by atoms with E-state index >= 15 is 0 Å². The Hall–Kier alpha value is -0.880. The van der Waals surface area contributed by atoms with Crippen molar-refractivity contribution in [1.29, 1.82) is 0 Å². The molecule has 1 aromatic heterocycles. The Kier molecular flexibility index (Phi) is 4.40. The first-order valence-electron chi connectivity index (χ1n) is 5.23. The van der Waals surface area contributed by atoms with E-state index in [4.69, 9.17) is 21.1 Å². The van der Waals surface area contributed by atoms with Crippen LogP contribution in [0.4, 0.5) is 0 Å². The molecule has 0 spiro atoms. The van der Waals surface area contributed by atoms with E-state index in [1.54, 1.807) is 25.1 Å². The molecule has 2 aromatic rings. The van der Waals surface area contributed by atoms with Gasteiger partial charge in [0.2, 0.25) is 6.29 Å². The molecule has 18 heavy (non-hydrogen) atoms. The third-order valence-corrected chi connectivity index (χ3v) is 3.44. The van der Waals surface area contributed by atoms with Crippen LogP contribution in [0.3, 0.4) is 0 Å². The first-order valence-corrected chi connectivity index (χ1v) is 6.40. The molecular formula is C12H12BrClN2O2. The molecule has 0 saturated heterocycles. The standard InChI is InChI=1S/C12H12BrClN2O2/c1-17-12(18-2)10-6-7-15-16(10)11-8(13)4-3-5-9(11)14/h3-7,12H,1-2H3. The van der Waals surface area contributed by atoms with Crippen molar-refractivity contribution in [1.82, 2.24) is 9.78 Å². The lowest BCUT2D eigenvalue weighted by Gasteiger charge is -2.16. The summed E-state index contributed by atoms with van der Waals surface area (Å²) in [5, 5.41) is 4.86. The second-order valence-electron chi connectivity index (χ2n) is 3.54. The van der Waals surface area contributed by atoms with Crippen LogP contribution in [0.1, 0.15) is 12.0 Å². The van der Waals surface area contributed by atoms with Crippen molar-refractivity contribution in [3.05, 3.63) is 45.7 Å². The summed E-state index contributed by atoms with van der Waals surface area (Å²) in [5.41, 5.74) is 1.53. The number of aromatic nitrogens is 2. The zero-order valence-corrected chi connectivity index (χ0v) is 12.3. The van der Waals surface area contributed by atoms with Gasteiger partial charge in [0.15, 0.2) is 0 Å². The van der Waals surface area contributed by atoms with Gasteiger partial charge in [-0.25, -0.2) is 4.68 Å². The van der Waals surface area contributed by atoms with E-state index in [0.29, 0.717) is 5.02 Å². The van der Waals surface area contributed by atoms with Gasteiger partial charge in [0.1, 0.15) is 5.69 Å². The maximum Gasteiger partial charge on any atom is 0.200 e. The fourth-order valence-corrected chi connectivity index (χ4v) is 2.61. The Morgan fingerprint density at radius 1 is 1.28 bits per heavy atom. The van der Waals surface area contributed by atoms with Crippen molar-refractivity contribution in [3.63, 3.8) is 0 Å². The van der Waals surface area contributed by atoms with Crippen LogP contribution in [0, 0.1) is 0 Å². The van der Waals surface area contributed by atoms with Gasteiger partial charge in [0.05, 0.1) is 10.7 Å². The quantitative estimate of drug-likeness (QED) is 0.804. The number of benzene rings is 1. The molecule has 0 aliphatic carbocycles. The molecule has 1 heterocycles. The molecule has 0 atom stereocenters. The fourth-order valence-electron chi connectivity index (χ4n) is 1.71. The molecule has 0 unspecified atom stereocenters. The van der Waals surface area contributed by atoms with Crippen LogP contribution >= 0.6 is 27.5 Å². The van der Waals surface area contributed by atoms with Crippen LogP contribution in [-0.4, -0.2) is 24.0 Å². The predicted molar refractivity (Wildman–Crippen MR) is 73.0 cm³/mol. The second kappa shape index (κ2) is 5.84. The maximum atomic E-state index is 6.21. The monoisotopic (exact) mass is 330 g/mol. The van der Waals surface area contributed by atoms with Crippen molar-refractivity contribution < 1.29 is 9.47 Å². The van der Waals surface area contributed by atoms with Gasteiger partial charge in [0.25, 0.3) is 0 Å². The first kappa shape index (κ1) is 13.5. The van der Waals surface area contributed by atoms with Crippen molar-refractivity contribution in [2.24, 2.45) is 0 Å². The van der Waals surface area contributed by atoms with E-state index in [-0.39, 0.29) is 0 Å². The number of hydrogen-bond donors (Lipinski definition) is 0. The average molecular weight is 332 g/mol. The molecule has 0 fully saturated rings. The van der Waals surface area contributed by atoms with Gasteiger partial charge in [-0.05, 0) is 34.1 Å². The number of ether oxygens (including phenoxy) is 2. The number of hydrogen-bond acceptors (Lipinski definition) is 3. The maximum absolute atomic E-state index is 6.21. The van der Waals surface area contributed by atoms with Gasteiger partial charge in [-0.1, -0.05) is 17.7 Å². The third-order valence-electron chi connectivity index (χ3n) is 2.49. The Labute approximate surface area is 119 Å². The van der Waals surface area contributed by atoms with E-state index in [1.165, 1.54) is 0 Å². The van der Waals surface area contributed by atoms with E-state index in [9.17, 15) is 0 Å². The van der Waals surface area contributed by atoms with Gasteiger partial charge >= 0.3 is 0 Å². The van der Waals surface area contributed by atoms with Gasteiger partial charge < -0.3 is 9.47 Å². The zero-order valence-electron chi connectivity index (χ0n) is 9.93. The third kappa shape index (κ3) is 2.44. The van der Waals surface area contributed by atoms with Crippen LogP contribution in [0.5, 0.6) is 0 Å². The van der Waals surface area contributed by atoms with Crippen molar-refractivity contribution in [2.75, 3.05) is 14.2 Å². The van der Waals surface area contributed by atoms with Crippen molar-refractivity contribution >= 4 is 27.5 Å². The van der Waals surface area contributed by atoms with Crippen molar-refractivity contribution in [3.8, 4) is 5.69 Å². The van der Waals surface area contributed by atoms with Gasteiger partial charge in [0, 0.05) is 24.9 Å². The second-order valence-corrected chi connectivity index (χ2v) is 4.80. The molecule has 0 radical (unpaired) electrons. The molecule has 4 nitrogen and oxygen atoms in total. The Balaban J connectivity index is 2.55. The van der Waals surface area contributed by atoms with Gasteiger partial charge in [-0.3, -0.25) is 0 Å². The molecule has 6 heteroatoms. The molecule has 0 aliphatic rings. The highest BCUT2D eigenvalue weighted by molar-refractivity contribution is 9.10. The van der Waals surface area contributed by atoms with Gasteiger partial charge in [-0.2, -0.15) is 5.10 Å². The van der Waals surface area contributed by atoms with Gasteiger partial charge in [-0.15, -0.1) is 0 Å².